The highest BCUT2D eigenvalue weighted by molar-refractivity contribution is 6.32. The monoisotopic (exact) mass is 432 g/mol. The summed E-state index contributed by atoms with van der Waals surface area (Å²) in [5.41, 5.74) is 4.37. The number of nitrogens with one attached hydrogen (secondary N) is 1. The molecule has 0 spiro atoms. The van der Waals surface area contributed by atoms with Gasteiger partial charge in [0.25, 0.3) is 5.91 Å². The summed E-state index contributed by atoms with van der Waals surface area (Å²) in [5.74, 6) is 0.844. The highest BCUT2D eigenvalue weighted by Crippen LogP contribution is 2.23. The molecule has 29 heavy (non-hydrogen) atoms. The van der Waals surface area contributed by atoms with Crippen LogP contribution in [-0.4, -0.2) is 35.6 Å². The molecule has 0 aliphatic heterocycles. The van der Waals surface area contributed by atoms with Crippen LogP contribution in [0.1, 0.15) is 11.3 Å². The molecule has 150 valence electrons. The Kier molecular flexibility index (Phi) is 6.74. The van der Waals surface area contributed by atoms with Crippen LogP contribution in [0.4, 0.5) is 0 Å². The van der Waals surface area contributed by atoms with Gasteiger partial charge in [0, 0.05) is 5.02 Å². The number of rotatable bonds is 7. The Hall–Kier alpha value is -3.03. The molecule has 9 heteroatoms. The summed E-state index contributed by atoms with van der Waals surface area (Å²) in [6, 6.07) is 14.1. The van der Waals surface area contributed by atoms with Gasteiger partial charge in [-0.1, -0.05) is 29.3 Å². The zero-order valence-corrected chi connectivity index (χ0v) is 17.2. The van der Waals surface area contributed by atoms with Crippen molar-refractivity contribution in [3.05, 3.63) is 70.0 Å². The lowest BCUT2D eigenvalue weighted by Crippen LogP contribution is -2.24. The van der Waals surface area contributed by atoms with E-state index >= 15 is 0 Å². The van der Waals surface area contributed by atoms with Crippen LogP contribution in [0.2, 0.25) is 10.2 Å². The lowest BCUT2D eigenvalue weighted by molar-refractivity contribution is -0.123. The van der Waals surface area contributed by atoms with Crippen molar-refractivity contribution in [2.45, 2.75) is 6.92 Å². The smallest absolute Gasteiger partial charge is 0.277 e. The molecule has 0 bridgehead atoms. The fourth-order valence-electron chi connectivity index (χ4n) is 2.46. The molecule has 0 atom stereocenters. The van der Waals surface area contributed by atoms with E-state index in [4.69, 9.17) is 32.7 Å². The molecular weight excluding hydrogens is 415 g/mol. The van der Waals surface area contributed by atoms with E-state index in [1.165, 1.54) is 6.21 Å². The number of aryl methyl sites for hydroxylation is 1. The molecule has 1 aromatic heterocycles. The first kappa shape index (κ1) is 20.7. The van der Waals surface area contributed by atoms with Gasteiger partial charge in [-0.3, -0.25) is 4.79 Å². The zero-order valence-electron chi connectivity index (χ0n) is 15.7. The van der Waals surface area contributed by atoms with Crippen LogP contribution in [0.3, 0.4) is 0 Å². The molecule has 0 aliphatic carbocycles. The Bertz CT molecular complexity index is 1030. The van der Waals surface area contributed by atoms with Crippen LogP contribution >= 0.6 is 23.2 Å². The number of carbonyl (C=O) groups excluding carboxylic acids is 1. The van der Waals surface area contributed by atoms with Gasteiger partial charge in [0.2, 0.25) is 0 Å². The average Bonchev–Trinajstić information content (AvgIpc) is 3.01. The van der Waals surface area contributed by atoms with Gasteiger partial charge in [0.15, 0.2) is 6.61 Å². The fraction of sp³-hybridized carbons (Fsp3) is 0.150. The minimum atomic E-state index is -0.409. The molecule has 3 rings (SSSR count). The third-order valence-electron chi connectivity index (χ3n) is 3.91. The third kappa shape index (κ3) is 5.28. The lowest BCUT2D eigenvalue weighted by atomic mass is 10.3. The number of hydrazone groups is 1. The van der Waals surface area contributed by atoms with E-state index < -0.39 is 5.91 Å². The number of benzene rings is 2. The largest absolute Gasteiger partial charge is 0.497 e. The minimum Gasteiger partial charge on any atom is -0.497 e. The normalized spacial score (nSPS) is 10.9. The van der Waals surface area contributed by atoms with E-state index in [1.54, 1.807) is 55.1 Å². The molecule has 1 N–H and O–H groups in total. The minimum absolute atomic E-state index is 0.182. The molecule has 0 fully saturated rings. The molecule has 2 aromatic carbocycles. The van der Waals surface area contributed by atoms with Gasteiger partial charge in [-0.05, 0) is 49.4 Å². The molecule has 1 amide bonds. The van der Waals surface area contributed by atoms with E-state index in [9.17, 15) is 4.79 Å². The Morgan fingerprint density at radius 1 is 1.21 bits per heavy atom. The van der Waals surface area contributed by atoms with E-state index in [0.717, 1.165) is 5.69 Å². The first-order chi connectivity index (χ1) is 14.0. The standard InChI is InChI=1S/C20H18Cl2N4O3/c1-13-18(20(22)26(25-13)15-5-3-4-14(21)10-15)11-23-24-19(27)12-29-17-8-6-16(28-2)7-9-17/h3-11H,12H2,1-2H3,(H,24,27)/b23-11+. The van der Waals surface area contributed by atoms with Crippen molar-refractivity contribution < 1.29 is 14.3 Å². The first-order valence-electron chi connectivity index (χ1n) is 8.57. The fourth-order valence-corrected chi connectivity index (χ4v) is 2.96. The Morgan fingerprint density at radius 2 is 1.93 bits per heavy atom. The SMILES string of the molecule is COc1ccc(OCC(=O)N/N=C/c2c(C)nn(-c3cccc(Cl)c3)c2Cl)cc1. The average molecular weight is 433 g/mol. The Balaban J connectivity index is 1.60. The molecule has 7 nitrogen and oxygen atoms in total. The zero-order chi connectivity index (χ0) is 20.8. The molecular formula is C20H18Cl2N4O3. The van der Waals surface area contributed by atoms with Crippen LogP contribution in [0.5, 0.6) is 11.5 Å². The molecule has 0 radical (unpaired) electrons. The van der Waals surface area contributed by atoms with Crippen molar-refractivity contribution in [3.63, 3.8) is 0 Å². The summed E-state index contributed by atoms with van der Waals surface area (Å²) < 4.78 is 12.0. The number of halogens is 2. The molecule has 0 saturated heterocycles. The molecule has 0 aliphatic rings. The molecule has 3 aromatic rings. The van der Waals surface area contributed by atoms with Crippen molar-refractivity contribution >= 4 is 35.3 Å². The van der Waals surface area contributed by atoms with Crippen molar-refractivity contribution in [1.29, 1.82) is 0 Å². The highest BCUT2D eigenvalue weighted by Gasteiger charge is 2.13. The Morgan fingerprint density at radius 3 is 2.62 bits per heavy atom. The van der Waals surface area contributed by atoms with Gasteiger partial charge >= 0.3 is 0 Å². The number of hydrogen-bond acceptors (Lipinski definition) is 5. The summed E-state index contributed by atoms with van der Waals surface area (Å²) in [7, 11) is 1.58. The van der Waals surface area contributed by atoms with Crippen LogP contribution in [-0.2, 0) is 4.79 Å². The second kappa shape index (κ2) is 9.45. The number of nitrogens with zero attached hydrogens (tertiary/aromatic N) is 3. The maximum atomic E-state index is 11.9. The summed E-state index contributed by atoms with van der Waals surface area (Å²) >= 11 is 12.4. The van der Waals surface area contributed by atoms with Crippen molar-refractivity contribution in [2.24, 2.45) is 5.10 Å². The van der Waals surface area contributed by atoms with E-state index in [0.29, 0.717) is 32.9 Å². The summed E-state index contributed by atoms with van der Waals surface area (Å²) in [4.78, 5) is 11.9. The van der Waals surface area contributed by atoms with Crippen LogP contribution in [0.15, 0.2) is 53.6 Å². The molecule has 1 heterocycles. The van der Waals surface area contributed by atoms with Gasteiger partial charge in [0.05, 0.1) is 30.3 Å². The first-order valence-corrected chi connectivity index (χ1v) is 9.33. The van der Waals surface area contributed by atoms with E-state index in [2.05, 4.69) is 15.6 Å². The van der Waals surface area contributed by atoms with Gasteiger partial charge in [-0.2, -0.15) is 10.2 Å². The van der Waals surface area contributed by atoms with Crippen molar-refractivity contribution in [3.8, 4) is 17.2 Å². The number of amides is 1. The lowest BCUT2D eigenvalue weighted by Gasteiger charge is -2.05. The maximum absolute atomic E-state index is 11.9. The van der Waals surface area contributed by atoms with E-state index in [1.807, 2.05) is 12.1 Å². The topological polar surface area (TPSA) is 77.7 Å². The predicted molar refractivity (Wildman–Crippen MR) is 113 cm³/mol. The second-order valence-electron chi connectivity index (χ2n) is 5.94. The van der Waals surface area contributed by atoms with Crippen molar-refractivity contribution in [2.75, 3.05) is 13.7 Å². The third-order valence-corrected chi connectivity index (χ3v) is 4.51. The maximum Gasteiger partial charge on any atom is 0.277 e. The number of carbonyl (C=O) groups is 1. The second-order valence-corrected chi connectivity index (χ2v) is 6.73. The van der Waals surface area contributed by atoms with Crippen LogP contribution in [0.25, 0.3) is 5.69 Å². The molecule has 0 saturated carbocycles. The summed E-state index contributed by atoms with van der Waals surface area (Å²) in [6.07, 6.45) is 1.44. The summed E-state index contributed by atoms with van der Waals surface area (Å²) in [6.45, 7) is 1.61. The van der Waals surface area contributed by atoms with Gasteiger partial charge < -0.3 is 9.47 Å². The number of hydrogen-bond donors (Lipinski definition) is 1. The van der Waals surface area contributed by atoms with Gasteiger partial charge in [-0.25, -0.2) is 10.1 Å². The van der Waals surface area contributed by atoms with Gasteiger partial charge in [0.1, 0.15) is 16.7 Å². The van der Waals surface area contributed by atoms with Crippen molar-refractivity contribution in [1.82, 2.24) is 15.2 Å². The van der Waals surface area contributed by atoms with Crippen LogP contribution in [0, 0.1) is 6.92 Å². The Labute approximate surface area is 177 Å². The molecule has 0 unspecified atom stereocenters. The van der Waals surface area contributed by atoms with Crippen LogP contribution < -0.4 is 14.9 Å². The number of aromatic nitrogens is 2. The number of methoxy groups -OCH3 is 1. The van der Waals surface area contributed by atoms with E-state index in [-0.39, 0.29) is 6.61 Å². The quantitative estimate of drug-likeness (QED) is 0.451. The highest BCUT2D eigenvalue weighted by atomic mass is 35.5. The predicted octanol–water partition coefficient (Wildman–Crippen LogP) is 4.03. The van der Waals surface area contributed by atoms with Gasteiger partial charge in [-0.15, -0.1) is 0 Å². The number of ether oxygens (including phenoxy) is 2. The summed E-state index contributed by atoms with van der Waals surface area (Å²) in [5, 5.41) is 9.27.